The van der Waals surface area contributed by atoms with Crippen molar-refractivity contribution in [1.29, 1.82) is 0 Å². The minimum atomic E-state index is -4.68. The number of imidazole rings is 1. The summed E-state index contributed by atoms with van der Waals surface area (Å²) in [6.45, 7) is 3.94. The highest BCUT2D eigenvalue weighted by Crippen LogP contribution is 2.29. The molecule has 11 heteroatoms. The summed E-state index contributed by atoms with van der Waals surface area (Å²) in [6, 6.07) is 9.71. The largest absolute Gasteiger partial charge is 0.522 e. The van der Waals surface area contributed by atoms with Gasteiger partial charge in [0.15, 0.2) is 11.5 Å². The fourth-order valence-corrected chi connectivity index (χ4v) is 3.47. The molecular formula is C21H23F3N6O2. The summed E-state index contributed by atoms with van der Waals surface area (Å²) in [4.78, 5) is 11.1. The van der Waals surface area contributed by atoms with Crippen LogP contribution in [0.15, 0.2) is 41.8 Å². The zero-order valence-corrected chi connectivity index (χ0v) is 17.5. The molecule has 1 aliphatic heterocycles. The number of alkyl halides is 3. The zero-order chi connectivity index (χ0) is 22.6. The number of pyridine rings is 1. The van der Waals surface area contributed by atoms with Crippen molar-refractivity contribution in [3.63, 3.8) is 0 Å². The number of hydrazone groups is 1. The van der Waals surface area contributed by atoms with Gasteiger partial charge in [-0.1, -0.05) is 29.8 Å². The van der Waals surface area contributed by atoms with E-state index in [0.717, 1.165) is 16.8 Å². The van der Waals surface area contributed by atoms with Crippen molar-refractivity contribution in [2.24, 2.45) is 5.10 Å². The number of anilines is 2. The molecule has 0 unspecified atom stereocenters. The molecule has 1 fully saturated rings. The number of aromatic nitrogens is 3. The molecule has 3 aromatic rings. The fourth-order valence-electron chi connectivity index (χ4n) is 3.47. The first-order chi connectivity index (χ1) is 15.4. The van der Waals surface area contributed by atoms with Crippen LogP contribution < -0.4 is 10.3 Å². The number of benzene rings is 1. The van der Waals surface area contributed by atoms with Crippen LogP contribution in [0.3, 0.4) is 0 Å². The van der Waals surface area contributed by atoms with Gasteiger partial charge in [0.05, 0.1) is 38.0 Å². The predicted octanol–water partition coefficient (Wildman–Crippen LogP) is 3.56. The summed E-state index contributed by atoms with van der Waals surface area (Å²) in [5, 5.41) is 4.27. The molecule has 0 saturated carbocycles. The second-order valence-electron chi connectivity index (χ2n) is 7.31. The van der Waals surface area contributed by atoms with E-state index in [4.69, 9.17) is 4.74 Å². The average Bonchev–Trinajstić information content (AvgIpc) is 3.16. The van der Waals surface area contributed by atoms with Crippen LogP contribution in [-0.4, -0.2) is 60.0 Å². The van der Waals surface area contributed by atoms with Gasteiger partial charge >= 0.3 is 6.36 Å². The Balaban J connectivity index is 1.61. The average molecular weight is 448 g/mol. The van der Waals surface area contributed by atoms with Gasteiger partial charge < -0.3 is 14.2 Å². The van der Waals surface area contributed by atoms with Crippen molar-refractivity contribution in [1.82, 2.24) is 14.5 Å². The van der Waals surface area contributed by atoms with Crippen LogP contribution >= 0.6 is 0 Å². The lowest BCUT2D eigenvalue weighted by molar-refractivity contribution is -0.325. The van der Waals surface area contributed by atoms with Gasteiger partial charge in [0.1, 0.15) is 5.52 Å². The van der Waals surface area contributed by atoms with E-state index in [-0.39, 0.29) is 6.54 Å². The summed E-state index contributed by atoms with van der Waals surface area (Å²) in [7, 11) is 0. The molecule has 1 aliphatic rings. The maximum atomic E-state index is 12.4. The highest BCUT2D eigenvalue weighted by atomic mass is 19.4. The molecule has 2 aromatic heterocycles. The third-order valence-electron chi connectivity index (χ3n) is 4.94. The van der Waals surface area contributed by atoms with Crippen molar-refractivity contribution in [3.8, 4) is 0 Å². The van der Waals surface area contributed by atoms with Crippen molar-refractivity contribution in [2.75, 3.05) is 43.2 Å². The topological polar surface area (TPSA) is 76.8 Å². The predicted molar refractivity (Wildman–Crippen MR) is 115 cm³/mol. The molecule has 0 bridgehead atoms. The summed E-state index contributed by atoms with van der Waals surface area (Å²) >= 11 is 0. The number of hydrogen-bond donors (Lipinski definition) is 1. The Labute approximate surface area is 182 Å². The summed E-state index contributed by atoms with van der Waals surface area (Å²) in [5.41, 5.74) is 6.86. The van der Waals surface area contributed by atoms with Crippen LogP contribution in [0.1, 0.15) is 11.1 Å². The second-order valence-corrected chi connectivity index (χ2v) is 7.31. The van der Waals surface area contributed by atoms with Gasteiger partial charge in [-0.25, -0.2) is 9.97 Å². The maximum absolute atomic E-state index is 12.4. The minimum absolute atomic E-state index is 0.0401. The Hall–Kier alpha value is -3.18. The molecule has 4 rings (SSSR count). The lowest BCUT2D eigenvalue weighted by Gasteiger charge is -2.29. The Kier molecular flexibility index (Phi) is 6.56. The molecule has 0 radical (unpaired) electrons. The van der Waals surface area contributed by atoms with Crippen molar-refractivity contribution >= 4 is 28.9 Å². The molecule has 1 N–H and O–H groups in total. The lowest BCUT2D eigenvalue weighted by Crippen LogP contribution is -2.36. The van der Waals surface area contributed by atoms with Crippen LogP contribution in [-0.2, 0) is 16.0 Å². The van der Waals surface area contributed by atoms with Crippen molar-refractivity contribution in [2.45, 2.75) is 19.8 Å². The normalized spacial score (nSPS) is 15.1. The summed E-state index contributed by atoms with van der Waals surface area (Å²) in [5.74, 6) is 0.460. The molecule has 170 valence electrons. The van der Waals surface area contributed by atoms with E-state index in [2.05, 4.69) is 30.1 Å². The molecule has 3 heterocycles. The van der Waals surface area contributed by atoms with Crippen LogP contribution in [0.4, 0.5) is 24.7 Å². The van der Waals surface area contributed by atoms with Crippen LogP contribution in [0.25, 0.3) is 11.2 Å². The van der Waals surface area contributed by atoms with E-state index in [9.17, 15) is 13.2 Å². The molecule has 0 atom stereocenters. The van der Waals surface area contributed by atoms with E-state index < -0.39 is 13.0 Å². The van der Waals surface area contributed by atoms with E-state index in [1.807, 2.05) is 37.3 Å². The second kappa shape index (κ2) is 9.53. The Bertz CT molecular complexity index is 1090. The standard InChI is InChI=1S/C21H23F3N6O2/c1-15-3-2-4-16(11-15)13-26-28-18-12-17(29-5-8-31-9-6-29)19-20(27-18)30(14-25-19)7-10-32-21(22,23)24/h2-4,11-14H,5-10H2,1H3,(H,27,28)/b26-13+. The van der Waals surface area contributed by atoms with Gasteiger partial charge in [-0.05, 0) is 12.5 Å². The maximum Gasteiger partial charge on any atom is 0.522 e. The molecule has 8 nitrogen and oxygen atoms in total. The summed E-state index contributed by atoms with van der Waals surface area (Å²) < 4.78 is 48.0. The molecular weight excluding hydrogens is 425 g/mol. The zero-order valence-electron chi connectivity index (χ0n) is 17.5. The monoisotopic (exact) mass is 448 g/mol. The smallest absolute Gasteiger partial charge is 0.378 e. The molecule has 32 heavy (non-hydrogen) atoms. The van der Waals surface area contributed by atoms with Gasteiger partial charge in [0, 0.05) is 25.7 Å². The van der Waals surface area contributed by atoms with E-state index in [1.54, 1.807) is 10.8 Å². The van der Waals surface area contributed by atoms with Gasteiger partial charge in [-0.2, -0.15) is 5.10 Å². The number of morpholine rings is 1. The first-order valence-electron chi connectivity index (χ1n) is 10.1. The fraction of sp³-hybridized carbons (Fsp3) is 0.381. The van der Waals surface area contributed by atoms with E-state index in [0.29, 0.717) is 43.3 Å². The number of aryl methyl sites for hydroxylation is 1. The van der Waals surface area contributed by atoms with Gasteiger partial charge in [0.25, 0.3) is 0 Å². The number of hydrogen-bond acceptors (Lipinski definition) is 7. The summed E-state index contributed by atoms with van der Waals surface area (Å²) in [6.07, 6.45) is -1.52. The quantitative estimate of drug-likeness (QED) is 0.440. The van der Waals surface area contributed by atoms with Crippen LogP contribution in [0.2, 0.25) is 0 Å². The van der Waals surface area contributed by atoms with Gasteiger partial charge in [-0.15, -0.1) is 13.2 Å². The van der Waals surface area contributed by atoms with E-state index in [1.165, 1.54) is 6.33 Å². The van der Waals surface area contributed by atoms with Crippen LogP contribution in [0.5, 0.6) is 0 Å². The molecule has 1 aromatic carbocycles. The van der Waals surface area contributed by atoms with Crippen molar-refractivity contribution in [3.05, 3.63) is 47.8 Å². The number of ether oxygens (including phenoxy) is 2. The highest BCUT2D eigenvalue weighted by molar-refractivity contribution is 5.89. The number of halogens is 3. The Morgan fingerprint density at radius 1 is 1.25 bits per heavy atom. The Morgan fingerprint density at radius 2 is 2.06 bits per heavy atom. The number of fused-ring (bicyclic) bond motifs is 1. The molecule has 0 amide bonds. The first kappa shape index (κ1) is 22.0. The van der Waals surface area contributed by atoms with Gasteiger partial charge in [0.2, 0.25) is 0 Å². The minimum Gasteiger partial charge on any atom is -0.378 e. The number of rotatable bonds is 7. The highest BCUT2D eigenvalue weighted by Gasteiger charge is 2.29. The molecule has 0 spiro atoms. The molecule has 0 aliphatic carbocycles. The number of nitrogens with zero attached hydrogens (tertiary/aromatic N) is 5. The van der Waals surface area contributed by atoms with E-state index >= 15 is 0 Å². The SMILES string of the molecule is Cc1cccc(/C=N/Nc2cc(N3CCOCC3)c3ncn(CCOC(F)(F)F)c3n2)c1. The number of nitrogens with one attached hydrogen (secondary N) is 1. The van der Waals surface area contributed by atoms with Gasteiger partial charge in [-0.3, -0.25) is 10.2 Å². The Morgan fingerprint density at radius 3 is 2.81 bits per heavy atom. The van der Waals surface area contributed by atoms with Crippen molar-refractivity contribution < 1.29 is 22.6 Å². The van der Waals surface area contributed by atoms with Crippen LogP contribution in [0, 0.1) is 6.92 Å². The third kappa shape index (κ3) is 5.54. The molecule has 1 saturated heterocycles. The first-order valence-corrected chi connectivity index (χ1v) is 10.1. The lowest BCUT2D eigenvalue weighted by atomic mass is 10.2. The third-order valence-corrected chi connectivity index (χ3v) is 4.94.